The van der Waals surface area contributed by atoms with Crippen LogP contribution in [0.1, 0.15) is 47.6 Å². The Kier molecular flexibility index (Phi) is 4.77. The van der Waals surface area contributed by atoms with Gasteiger partial charge in [0.15, 0.2) is 5.82 Å². The van der Waals surface area contributed by atoms with E-state index in [0.717, 1.165) is 56.3 Å². The van der Waals surface area contributed by atoms with Gasteiger partial charge in [-0.25, -0.2) is 15.0 Å². The third-order valence-corrected chi connectivity index (χ3v) is 5.16. The second-order valence-electron chi connectivity index (χ2n) is 6.79. The van der Waals surface area contributed by atoms with E-state index in [1.807, 2.05) is 19.2 Å². The Balaban J connectivity index is 1.49. The third kappa shape index (κ3) is 3.72. The molecule has 0 saturated heterocycles. The van der Waals surface area contributed by atoms with Crippen molar-refractivity contribution in [1.82, 2.24) is 19.9 Å². The average molecular weight is 356 g/mol. The first-order valence-corrected chi connectivity index (χ1v) is 9.30. The molecule has 6 heteroatoms. The van der Waals surface area contributed by atoms with Crippen LogP contribution in [-0.4, -0.2) is 38.7 Å². The molecule has 0 N–H and O–H groups in total. The van der Waals surface area contributed by atoms with E-state index in [-0.39, 0.29) is 0 Å². The molecule has 0 spiro atoms. The summed E-state index contributed by atoms with van der Waals surface area (Å²) in [5.74, 6) is 0.838. The first-order chi connectivity index (χ1) is 12.2. The molecule has 0 aromatic carbocycles. The van der Waals surface area contributed by atoms with Crippen molar-refractivity contribution in [3.05, 3.63) is 51.8 Å². The van der Waals surface area contributed by atoms with E-state index in [1.165, 1.54) is 29.7 Å². The second kappa shape index (κ2) is 7.18. The number of aryl methyl sites for hydroxylation is 1. The number of fused-ring (bicyclic) bond motifs is 1. The smallest absolute Gasteiger partial charge is 0.173 e. The Morgan fingerprint density at radius 2 is 2.08 bits per heavy atom. The molecule has 0 atom stereocenters. The number of halogens is 1. The van der Waals surface area contributed by atoms with Gasteiger partial charge in [-0.2, -0.15) is 0 Å². The van der Waals surface area contributed by atoms with Gasteiger partial charge in [0, 0.05) is 50.1 Å². The molecule has 2 aromatic heterocycles. The number of hydrogen-bond acceptors (Lipinski definition) is 5. The van der Waals surface area contributed by atoms with Crippen LogP contribution >= 0.6 is 11.6 Å². The molecule has 2 aromatic rings. The normalized spacial score (nSPS) is 17.9. The van der Waals surface area contributed by atoms with E-state index in [0.29, 0.717) is 5.15 Å². The second-order valence-corrected chi connectivity index (χ2v) is 7.18. The van der Waals surface area contributed by atoms with Crippen LogP contribution in [0.3, 0.4) is 0 Å². The Hall–Kier alpha value is -1.85. The van der Waals surface area contributed by atoms with Gasteiger partial charge >= 0.3 is 0 Å². The van der Waals surface area contributed by atoms with Crippen LogP contribution in [0.4, 0.5) is 0 Å². The maximum absolute atomic E-state index is 5.95. The van der Waals surface area contributed by atoms with E-state index >= 15 is 0 Å². The van der Waals surface area contributed by atoms with E-state index in [4.69, 9.17) is 16.6 Å². The van der Waals surface area contributed by atoms with Crippen molar-refractivity contribution in [2.24, 2.45) is 4.99 Å². The van der Waals surface area contributed by atoms with Crippen molar-refractivity contribution < 1.29 is 0 Å². The number of nitrogens with zero attached hydrogens (tertiary/aromatic N) is 5. The van der Waals surface area contributed by atoms with Gasteiger partial charge in [0.25, 0.3) is 0 Å². The molecule has 0 fully saturated rings. The van der Waals surface area contributed by atoms with Gasteiger partial charge in [-0.05, 0) is 37.8 Å². The van der Waals surface area contributed by atoms with Crippen molar-refractivity contribution in [3.8, 4) is 0 Å². The van der Waals surface area contributed by atoms with Crippen molar-refractivity contribution in [3.63, 3.8) is 0 Å². The van der Waals surface area contributed by atoms with Crippen LogP contribution in [0.25, 0.3) is 0 Å². The Morgan fingerprint density at radius 1 is 1.16 bits per heavy atom. The lowest BCUT2D eigenvalue weighted by Crippen LogP contribution is -2.31. The Labute approximate surface area is 153 Å². The van der Waals surface area contributed by atoms with Crippen LogP contribution in [-0.2, 0) is 19.5 Å². The van der Waals surface area contributed by atoms with Crippen LogP contribution in [0.15, 0.2) is 23.3 Å². The average Bonchev–Trinajstić information content (AvgIpc) is 2.64. The topological polar surface area (TPSA) is 54.3 Å². The monoisotopic (exact) mass is 355 g/mol. The lowest BCUT2D eigenvalue weighted by Gasteiger charge is -2.28. The molecule has 5 nitrogen and oxygen atoms in total. The summed E-state index contributed by atoms with van der Waals surface area (Å²) < 4.78 is 0. The van der Waals surface area contributed by atoms with E-state index in [1.54, 1.807) is 0 Å². The standard InChI is InChI=1S/C19H22ClN5/c1-13-14(5-6-18(20)23-13)11-25-9-7-16-15(12-25)10-22-19(24-16)17-4-2-3-8-21-17/h5-6,10H,2-4,7-9,11-12H2,1H3. The van der Waals surface area contributed by atoms with Gasteiger partial charge < -0.3 is 0 Å². The SMILES string of the molecule is Cc1nc(Cl)ccc1CN1CCc2nc(C3=NCCCC3)ncc2C1. The lowest BCUT2D eigenvalue weighted by atomic mass is 10.0. The van der Waals surface area contributed by atoms with Crippen molar-refractivity contribution in [2.45, 2.75) is 45.7 Å². The minimum Gasteiger partial charge on any atom is -0.294 e. The van der Waals surface area contributed by atoms with E-state index in [9.17, 15) is 0 Å². The fourth-order valence-electron chi connectivity index (χ4n) is 3.50. The summed E-state index contributed by atoms with van der Waals surface area (Å²) in [4.78, 5) is 20.8. The largest absolute Gasteiger partial charge is 0.294 e. The zero-order valence-corrected chi connectivity index (χ0v) is 15.3. The molecule has 4 rings (SSSR count). The van der Waals surface area contributed by atoms with Crippen molar-refractivity contribution >= 4 is 17.3 Å². The molecule has 0 radical (unpaired) electrons. The number of hydrogen-bond donors (Lipinski definition) is 0. The summed E-state index contributed by atoms with van der Waals surface area (Å²) in [5.41, 5.74) is 5.72. The number of aliphatic imine (C=N–C) groups is 1. The molecule has 0 saturated carbocycles. The summed E-state index contributed by atoms with van der Waals surface area (Å²) in [6, 6.07) is 3.93. The molecular weight excluding hydrogens is 334 g/mol. The lowest BCUT2D eigenvalue weighted by molar-refractivity contribution is 0.242. The molecule has 2 aliphatic heterocycles. The predicted molar refractivity (Wildman–Crippen MR) is 99.1 cm³/mol. The summed E-state index contributed by atoms with van der Waals surface area (Å²) in [6.45, 7) is 5.68. The Morgan fingerprint density at radius 3 is 2.88 bits per heavy atom. The van der Waals surface area contributed by atoms with Crippen molar-refractivity contribution in [2.75, 3.05) is 13.1 Å². The molecule has 2 aliphatic rings. The molecule has 4 heterocycles. The summed E-state index contributed by atoms with van der Waals surface area (Å²) >= 11 is 5.95. The van der Waals surface area contributed by atoms with Gasteiger partial charge in [0.1, 0.15) is 5.15 Å². The quantitative estimate of drug-likeness (QED) is 0.792. The predicted octanol–water partition coefficient (Wildman–Crippen LogP) is 3.36. The first-order valence-electron chi connectivity index (χ1n) is 8.92. The summed E-state index contributed by atoms with van der Waals surface area (Å²) in [7, 11) is 0. The van der Waals surface area contributed by atoms with Crippen molar-refractivity contribution in [1.29, 1.82) is 0 Å². The maximum atomic E-state index is 5.95. The van der Waals surface area contributed by atoms with Gasteiger partial charge in [-0.1, -0.05) is 17.7 Å². The van der Waals surface area contributed by atoms with Crippen LogP contribution < -0.4 is 0 Å². The highest BCUT2D eigenvalue weighted by Crippen LogP contribution is 2.21. The van der Waals surface area contributed by atoms with Crippen LogP contribution in [0.5, 0.6) is 0 Å². The fraction of sp³-hybridized carbons (Fsp3) is 0.474. The summed E-state index contributed by atoms with van der Waals surface area (Å²) in [5, 5.41) is 0.553. The van der Waals surface area contributed by atoms with Crippen LogP contribution in [0.2, 0.25) is 5.15 Å². The Bertz CT molecular complexity index is 817. The number of pyridine rings is 1. The van der Waals surface area contributed by atoms with Gasteiger partial charge in [0.05, 0.1) is 11.4 Å². The maximum Gasteiger partial charge on any atom is 0.173 e. The minimum atomic E-state index is 0.553. The highest BCUT2D eigenvalue weighted by atomic mass is 35.5. The molecule has 0 unspecified atom stereocenters. The summed E-state index contributed by atoms with van der Waals surface area (Å²) in [6.07, 6.45) is 6.34. The third-order valence-electron chi connectivity index (χ3n) is 4.95. The zero-order chi connectivity index (χ0) is 17.2. The minimum absolute atomic E-state index is 0.553. The highest BCUT2D eigenvalue weighted by Gasteiger charge is 2.20. The number of rotatable bonds is 3. The molecular formula is C19H22ClN5. The molecule has 0 amide bonds. The fourth-order valence-corrected chi connectivity index (χ4v) is 3.69. The van der Waals surface area contributed by atoms with E-state index < -0.39 is 0 Å². The number of aromatic nitrogens is 3. The van der Waals surface area contributed by atoms with E-state index in [2.05, 4.69) is 25.9 Å². The van der Waals surface area contributed by atoms with Gasteiger partial charge in [-0.3, -0.25) is 9.89 Å². The zero-order valence-electron chi connectivity index (χ0n) is 14.5. The van der Waals surface area contributed by atoms with Crippen LogP contribution in [0, 0.1) is 6.92 Å². The molecule has 130 valence electrons. The molecule has 25 heavy (non-hydrogen) atoms. The highest BCUT2D eigenvalue weighted by molar-refractivity contribution is 6.29. The van der Waals surface area contributed by atoms with Gasteiger partial charge in [-0.15, -0.1) is 0 Å². The molecule has 0 bridgehead atoms. The molecule has 0 aliphatic carbocycles. The van der Waals surface area contributed by atoms with Gasteiger partial charge in [0.2, 0.25) is 0 Å². The first kappa shape index (κ1) is 16.6.